The van der Waals surface area contributed by atoms with Gasteiger partial charge in [0.15, 0.2) is 0 Å². The molecule has 26 heavy (non-hydrogen) atoms. The van der Waals surface area contributed by atoms with Gasteiger partial charge in [0, 0.05) is 22.7 Å². The van der Waals surface area contributed by atoms with E-state index in [-0.39, 0.29) is 23.5 Å². The lowest BCUT2D eigenvalue weighted by molar-refractivity contribution is -0.141. The molecule has 140 valence electrons. The highest BCUT2D eigenvalue weighted by Gasteiger charge is 2.28. The average molecular weight is 442 g/mol. The smallest absolute Gasteiger partial charge is 0.302 e. The lowest BCUT2D eigenvalue weighted by Crippen LogP contribution is -2.31. The minimum atomic E-state index is -3.62. The summed E-state index contributed by atoms with van der Waals surface area (Å²) in [6.07, 6.45) is 4.11. The Morgan fingerprint density at radius 3 is 2.81 bits per heavy atom. The summed E-state index contributed by atoms with van der Waals surface area (Å²) in [5.74, 6) is -0.328. The third-order valence-electron chi connectivity index (χ3n) is 4.29. The lowest BCUT2D eigenvalue weighted by atomic mass is 9.94. The minimum absolute atomic E-state index is 0.232. The average Bonchev–Trinajstić information content (AvgIpc) is 2.99. The van der Waals surface area contributed by atoms with Crippen LogP contribution in [0.2, 0.25) is 0 Å². The number of aromatic nitrogens is 2. The molecule has 0 amide bonds. The van der Waals surface area contributed by atoms with E-state index >= 15 is 0 Å². The second-order valence-corrected chi connectivity index (χ2v) is 8.76. The van der Waals surface area contributed by atoms with Gasteiger partial charge in [0.05, 0.1) is 23.7 Å². The number of hydrogen-bond donors (Lipinski definition) is 1. The zero-order valence-corrected chi connectivity index (χ0v) is 16.7. The van der Waals surface area contributed by atoms with E-state index in [9.17, 15) is 13.2 Å². The molecule has 0 bridgehead atoms. The molecule has 1 N–H and O–H groups in total. The van der Waals surface area contributed by atoms with Crippen LogP contribution in [0.5, 0.6) is 0 Å². The predicted molar refractivity (Wildman–Crippen MR) is 99.0 cm³/mol. The van der Waals surface area contributed by atoms with Crippen LogP contribution in [0.4, 0.5) is 0 Å². The molecule has 0 aliphatic heterocycles. The maximum atomic E-state index is 12.7. The maximum Gasteiger partial charge on any atom is 0.302 e. The van der Waals surface area contributed by atoms with Crippen molar-refractivity contribution < 1.29 is 17.9 Å². The van der Waals surface area contributed by atoms with Crippen LogP contribution < -0.4 is 4.72 Å². The van der Waals surface area contributed by atoms with Gasteiger partial charge in [-0.05, 0) is 43.5 Å². The van der Waals surface area contributed by atoms with Gasteiger partial charge in [0.1, 0.15) is 6.61 Å². The third-order valence-corrected chi connectivity index (χ3v) is 6.31. The van der Waals surface area contributed by atoms with E-state index in [0.717, 1.165) is 35.0 Å². The van der Waals surface area contributed by atoms with Gasteiger partial charge in [-0.3, -0.25) is 9.48 Å². The van der Waals surface area contributed by atoms with E-state index in [1.165, 1.54) is 6.92 Å². The van der Waals surface area contributed by atoms with Gasteiger partial charge < -0.3 is 4.74 Å². The second-order valence-electron chi connectivity index (χ2n) is 6.13. The molecule has 7 nitrogen and oxygen atoms in total. The maximum absolute atomic E-state index is 12.7. The van der Waals surface area contributed by atoms with Crippen LogP contribution in [0.1, 0.15) is 37.1 Å². The Bertz CT molecular complexity index is 893. The summed E-state index contributed by atoms with van der Waals surface area (Å²) in [6.45, 7) is 2.07. The number of hydrogen-bond acceptors (Lipinski definition) is 5. The monoisotopic (exact) mass is 441 g/mol. The summed E-state index contributed by atoms with van der Waals surface area (Å²) in [7, 11) is -3.62. The topological polar surface area (TPSA) is 90.3 Å². The number of carbonyl (C=O) groups is 1. The number of nitrogens with one attached hydrogen (secondary N) is 1. The molecular formula is C17H20BrN3O4S. The molecule has 2 aromatic rings. The number of fused-ring (bicyclic) bond motifs is 1. The summed E-state index contributed by atoms with van der Waals surface area (Å²) in [5, 5.41) is 4.34. The first-order chi connectivity index (χ1) is 12.4. The van der Waals surface area contributed by atoms with Gasteiger partial charge in [0.2, 0.25) is 10.0 Å². The highest BCUT2D eigenvalue weighted by atomic mass is 79.9. The van der Waals surface area contributed by atoms with Gasteiger partial charge in [-0.1, -0.05) is 15.9 Å². The van der Waals surface area contributed by atoms with Crippen LogP contribution in [-0.4, -0.2) is 30.8 Å². The summed E-state index contributed by atoms with van der Waals surface area (Å²) in [4.78, 5) is 11.1. The fraction of sp³-hybridized carbons (Fsp3) is 0.412. The fourth-order valence-electron chi connectivity index (χ4n) is 3.08. The van der Waals surface area contributed by atoms with Crippen molar-refractivity contribution in [2.45, 2.75) is 43.7 Å². The van der Waals surface area contributed by atoms with Crippen molar-refractivity contribution >= 4 is 31.9 Å². The molecule has 1 aromatic heterocycles. The predicted octanol–water partition coefficient (Wildman–Crippen LogP) is 2.56. The molecule has 9 heteroatoms. The molecular weight excluding hydrogens is 422 g/mol. The van der Waals surface area contributed by atoms with Gasteiger partial charge in [-0.25, -0.2) is 13.1 Å². The van der Waals surface area contributed by atoms with E-state index < -0.39 is 10.0 Å². The first-order valence-electron chi connectivity index (χ1n) is 8.32. The standard InChI is InChI=1S/C17H20BrN3O4S/c1-12(22)25-10-9-21-17-4-2-3-16(15(17)11-19-21)20-26(23,24)14-7-5-13(18)6-8-14/h5-8,11,16,20H,2-4,9-10H2,1H3. The van der Waals surface area contributed by atoms with E-state index in [2.05, 4.69) is 25.8 Å². The van der Waals surface area contributed by atoms with E-state index in [1.807, 2.05) is 0 Å². The van der Waals surface area contributed by atoms with Crippen LogP contribution >= 0.6 is 15.9 Å². The molecule has 0 fully saturated rings. The quantitative estimate of drug-likeness (QED) is 0.695. The number of sulfonamides is 1. The number of halogens is 1. The largest absolute Gasteiger partial charge is 0.464 e. The molecule has 1 aromatic carbocycles. The lowest BCUT2D eigenvalue weighted by Gasteiger charge is -2.24. The Balaban J connectivity index is 1.76. The van der Waals surface area contributed by atoms with E-state index in [0.29, 0.717) is 6.54 Å². The number of carbonyl (C=O) groups excluding carboxylic acids is 1. The fourth-order valence-corrected chi connectivity index (χ4v) is 4.59. The van der Waals surface area contributed by atoms with Crippen molar-refractivity contribution in [3.05, 3.63) is 46.2 Å². The van der Waals surface area contributed by atoms with Crippen LogP contribution in [0.3, 0.4) is 0 Å². The van der Waals surface area contributed by atoms with E-state index in [4.69, 9.17) is 4.74 Å². The van der Waals surface area contributed by atoms with Crippen LogP contribution in [0.15, 0.2) is 39.8 Å². The molecule has 0 spiro atoms. The van der Waals surface area contributed by atoms with Crippen LogP contribution in [-0.2, 0) is 32.5 Å². The summed E-state index contributed by atoms with van der Waals surface area (Å²) < 4.78 is 35.7. The summed E-state index contributed by atoms with van der Waals surface area (Å²) in [5.41, 5.74) is 1.88. The molecule has 0 radical (unpaired) electrons. The Hall–Kier alpha value is -1.71. The number of nitrogens with zero attached hydrogens (tertiary/aromatic N) is 2. The van der Waals surface area contributed by atoms with Crippen molar-refractivity contribution in [1.82, 2.24) is 14.5 Å². The van der Waals surface area contributed by atoms with Gasteiger partial charge in [-0.2, -0.15) is 5.10 Å². The first-order valence-corrected chi connectivity index (χ1v) is 10.6. The van der Waals surface area contributed by atoms with Crippen molar-refractivity contribution in [1.29, 1.82) is 0 Å². The molecule has 1 aliphatic rings. The van der Waals surface area contributed by atoms with Crippen molar-refractivity contribution in [3.63, 3.8) is 0 Å². The molecule has 0 saturated carbocycles. The highest BCUT2D eigenvalue weighted by molar-refractivity contribution is 9.10. The van der Waals surface area contributed by atoms with Crippen molar-refractivity contribution in [2.24, 2.45) is 0 Å². The van der Waals surface area contributed by atoms with Gasteiger partial charge in [0.25, 0.3) is 0 Å². The summed E-state index contributed by atoms with van der Waals surface area (Å²) in [6, 6.07) is 6.23. The molecule has 0 saturated heterocycles. The second kappa shape index (κ2) is 7.89. The Kier molecular flexibility index (Phi) is 5.79. The van der Waals surface area contributed by atoms with Gasteiger partial charge in [-0.15, -0.1) is 0 Å². The van der Waals surface area contributed by atoms with E-state index in [1.54, 1.807) is 35.1 Å². The zero-order valence-electron chi connectivity index (χ0n) is 14.3. The number of rotatable bonds is 6. The number of ether oxygens (including phenoxy) is 1. The minimum Gasteiger partial charge on any atom is -0.464 e. The Morgan fingerprint density at radius 1 is 1.38 bits per heavy atom. The highest BCUT2D eigenvalue weighted by Crippen LogP contribution is 2.31. The molecule has 1 unspecified atom stereocenters. The first kappa shape index (κ1) is 19.1. The molecule has 1 atom stereocenters. The number of benzene rings is 1. The summed E-state index contributed by atoms with van der Waals surface area (Å²) >= 11 is 3.31. The Labute approximate surface area is 160 Å². The zero-order chi connectivity index (χ0) is 18.7. The molecule has 1 heterocycles. The molecule has 1 aliphatic carbocycles. The number of esters is 1. The van der Waals surface area contributed by atoms with Gasteiger partial charge >= 0.3 is 5.97 Å². The normalized spacial score (nSPS) is 16.9. The van der Waals surface area contributed by atoms with Crippen LogP contribution in [0, 0.1) is 0 Å². The van der Waals surface area contributed by atoms with Crippen LogP contribution in [0.25, 0.3) is 0 Å². The van der Waals surface area contributed by atoms with Crippen molar-refractivity contribution in [2.75, 3.05) is 6.61 Å². The van der Waals surface area contributed by atoms with Crippen molar-refractivity contribution in [3.8, 4) is 0 Å². The third kappa shape index (κ3) is 4.33. The molecule has 3 rings (SSSR count). The SMILES string of the molecule is CC(=O)OCCn1ncc2c1CCCC2NS(=O)(=O)c1ccc(Br)cc1. The Morgan fingerprint density at radius 2 is 2.12 bits per heavy atom.